The third kappa shape index (κ3) is 3.86. The van der Waals surface area contributed by atoms with Gasteiger partial charge in [0, 0.05) is 24.8 Å². The van der Waals surface area contributed by atoms with Crippen molar-refractivity contribution in [3.8, 4) is 0 Å². The molecule has 4 heterocycles. The molecule has 4 nitrogen and oxygen atoms in total. The van der Waals surface area contributed by atoms with Crippen molar-refractivity contribution in [1.29, 1.82) is 0 Å². The van der Waals surface area contributed by atoms with Gasteiger partial charge < -0.3 is 9.15 Å². The van der Waals surface area contributed by atoms with Crippen molar-refractivity contribution in [1.82, 2.24) is 4.48 Å². The van der Waals surface area contributed by atoms with Crippen LogP contribution in [0.4, 0.5) is 19.1 Å². The fourth-order valence-electron chi connectivity index (χ4n) is 6.73. The molecule has 3 saturated heterocycles. The number of benzene rings is 1. The molecule has 1 aromatic heterocycles. The molecule has 0 spiro atoms. The fourth-order valence-corrected chi connectivity index (χ4v) is 6.73. The zero-order valence-electron chi connectivity index (χ0n) is 19.7. The molecule has 0 N–H and O–H groups in total. The van der Waals surface area contributed by atoms with Crippen molar-refractivity contribution in [2.75, 3.05) is 13.1 Å². The smallest absolute Gasteiger partial charge is 0.449 e. The first-order chi connectivity index (χ1) is 16.3. The Morgan fingerprint density at radius 1 is 1.00 bits per heavy atom. The summed E-state index contributed by atoms with van der Waals surface area (Å²) < 4.78 is 51.7. The van der Waals surface area contributed by atoms with Gasteiger partial charge in [-0.1, -0.05) is 56.0 Å². The molecule has 1 aromatic carbocycles. The van der Waals surface area contributed by atoms with E-state index in [1.54, 1.807) is 0 Å². The van der Waals surface area contributed by atoms with E-state index in [2.05, 4.69) is 0 Å². The van der Waals surface area contributed by atoms with Gasteiger partial charge in [-0.15, -0.1) is 0 Å². The first-order valence-electron chi connectivity index (χ1n) is 12.6. The van der Waals surface area contributed by atoms with Crippen LogP contribution in [0.5, 0.6) is 0 Å². The third-order valence-electron chi connectivity index (χ3n) is 8.74. The number of piperidine rings is 3. The first-order valence-corrected chi connectivity index (χ1v) is 12.6. The maximum Gasteiger partial charge on any atom is 0.449 e. The molecule has 1 aliphatic carbocycles. The lowest BCUT2D eigenvalue weighted by atomic mass is 9.73. The molecule has 4 fully saturated rings. The summed E-state index contributed by atoms with van der Waals surface area (Å²) in [6, 6.07) is 12.3. The van der Waals surface area contributed by atoms with Crippen LogP contribution in [0, 0.1) is 5.92 Å². The molecule has 2 bridgehead atoms. The molecule has 0 amide bonds. The lowest BCUT2D eigenvalue weighted by Crippen LogP contribution is -2.71. The summed E-state index contributed by atoms with van der Waals surface area (Å²) in [5.74, 6) is -0.578. The standard InChI is InChI=1S/C27H33F3NO3/c1-19-24(20-13-17-31(19,18-14-20)23-12-11-22(33-23)27(28,29)30)34-25(32)26(15-7-2-3-8-16-26)21-9-5-4-6-10-21/h4-6,9-12,19-20,24H,2-3,7-8,13-18H2,1H3/q+1/t19?,20?,24-,31?/m0/s1. The Hall–Kier alpha value is -2.28. The summed E-state index contributed by atoms with van der Waals surface area (Å²) in [5.41, 5.74) is 0.364. The van der Waals surface area contributed by atoms with Gasteiger partial charge in [0.05, 0.1) is 18.5 Å². The zero-order valence-corrected chi connectivity index (χ0v) is 19.7. The quantitative estimate of drug-likeness (QED) is 0.283. The number of fused-ring (bicyclic) bond motifs is 3. The molecule has 7 heteroatoms. The van der Waals surface area contributed by atoms with Gasteiger partial charge in [-0.3, -0.25) is 9.28 Å². The molecular weight excluding hydrogens is 443 g/mol. The van der Waals surface area contributed by atoms with E-state index in [9.17, 15) is 18.0 Å². The number of esters is 1. The highest BCUT2D eigenvalue weighted by molar-refractivity contribution is 5.83. The number of hydrogen-bond donors (Lipinski definition) is 0. The fraction of sp³-hybridized carbons (Fsp3) is 0.593. The Morgan fingerprint density at radius 2 is 1.65 bits per heavy atom. The van der Waals surface area contributed by atoms with Gasteiger partial charge in [0.2, 0.25) is 5.76 Å². The molecular formula is C27H33F3NO3+. The molecule has 184 valence electrons. The Kier molecular flexibility index (Phi) is 6.03. The van der Waals surface area contributed by atoms with E-state index in [0.29, 0.717) is 23.5 Å². The number of halogens is 3. The Morgan fingerprint density at radius 3 is 2.24 bits per heavy atom. The Balaban J connectivity index is 1.44. The van der Waals surface area contributed by atoms with E-state index in [1.165, 1.54) is 6.07 Å². The van der Waals surface area contributed by atoms with Gasteiger partial charge in [0.1, 0.15) is 6.04 Å². The second-order valence-electron chi connectivity index (χ2n) is 10.4. The van der Waals surface area contributed by atoms with Crippen molar-refractivity contribution >= 4 is 11.9 Å². The number of nitrogens with zero attached hydrogens (tertiary/aromatic N) is 1. The number of quaternary nitrogens is 1. The average Bonchev–Trinajstić information content (AvgIpc) is 3.22. The molecule has 3 aliphatic heterocycles. The van der Waals surface area contributed by atoms with E-state index in [0.717, 1.165) is 63.0 Å². The van der Waals surface area contributed by atoms with Crippen molar-refractivity contribution in [3.05, 3.63) is 53.8 Å². The topological polar surface area (TPSA) is 39.4 Å². The predicted molar refractivity (Wildman–Crippen MR) is 123 cm³/mol. The van der Waals surface area contributed by atoms with Crippen LogP contribution < -0.4 is 4.48 Å². The number of ether oxygens (including phenoxy) is 1. The second-order valence-corrected chi connectivity index (χ2v) is 10.4. The van der Waals surface area contributed by atoms with E-state index in [4.69, 9.17) is 9.15 Å². The van der Waals surface area contributed by atoms with Crippen molar-refractivity contribution in [2.24, 2.45) is 5.92 Å². The van der Waals surface area contributed by atoms with Gasteiger partial charge >= 0.3 is 12.1 Å². The third-order valence-corrected chi connectivity index (χ3v) is 8.74. The maximum absolute atomic E-state index is 13.9. The number of carbonyl (C=O) groups excluding carboxylic acids is 1. The summed E-state index contributed by atoms with van der Waals surface area (Å²) in [6.07, 6.45) is 2.52. The van der Waals surface area contributed by atoms with Crippen LogP contribution in [0.3, 0.4) is 0 Å². The molecule has 6 rings (SSSR count). The van der Waals surface area contributed by atoms with Gasteiger partial charge in [0.25, 0.3) is 5.88 Å². The Labute approximate surface area is 198 Å². The van der Waals surface area contributed by atoms with Gasteiger partial charge in [-0.25, -0.2) is 0 Å². The number of hydrogen-bond acceptors (Lipinski definition) is 3. The average molecular weight is 477 g/mol. The predicted octanol–water partition coefficient (Wildman–Crippen LogP) is 6.62. The highest BCUT2D eigenvalue weighted by Gasteiger charge is 2.57. The van der Waals surface area contributed by atoms with Gasteiger partial charge in [-0.2, -0.15) is 13.2 Å². The van der Waals surface area contributed by atoms with Gasteiger partial charge in [-0.05, 0) is 31.4 Å². The van der Waals surface area contributed by atoms with Crippen LogP contribution >= 0.6 is 0 Å². The van der Waals surface area contributed by atoms with Crippen molar-refractivity contribution in [2.45, 2.75) is 82.0 Å². The normalized spacial score (nSPS) is 31.1. The van der Waals surface area contributed by atoms with Crippen molar-refractivity contribution < 1.29 is 27.1 Å². The lowest BCUT2D eigenvalue weighted by Gasteiger charge is -2.54. The van der Waals surface area contributed by atoms with E-state index < -0.39 is 17.4 Å². The minimum atomic E-state index is -4.51. The molecule has 4 aliphatic rings. The maximum atomic E-state index is 13.9. The molecule has 2 atom stereocenters. The molecule has 1 saturated carbocycles. The summed E-state index contributed by atoms with van der Waals surface area (Å²) >= 11 is 0. The highest BCUT2D eigenvalue weighted by atomic mass is 19.4. The van der Waals surface area contributed by atoms with E-state index >= 15 is 0 Å². The monoisotopic (exact) mass is 476 g/mol. The van der Waals surface area contributed by atoms with Crippen LogP contribution in [0.1, 0.15) is 69.6 Å². The number of furan rings is 1. The number of rotatable bonds is 4. The van der Waals surface area contributed by atoms with Crippen LogP contribution in [-0.4, -0.2) is 31.2 Å². The molecule has 1 unspecified atom stereocenters. The zero-order chi connectivity index (χ0) is 24.0. The minimum absolute atomic E-state index is 0.165. The largest absolute Gasteiger partial charge is 0.455 e. The summed E-state index contributed by atoms with van der Waals surface area (Å²) in [5, 5.41) is 0. The van der Waals surface area contributed by atoms with Crippen LogP contribution in [0.15, 0.2) is 46.9 Å². The molecule has 0 radical (unpaired) electrons. The summed E-state index contributed by atoms with van der Waals surface area (Å²) in [7, 11) is 0. The number of alkyl halides is 3. The van der Waals surface area contributed by atoms with Crippen molar-refractivity contribution in [3.63, 3.8) is 0 Å². The van der Waals surface area contributed by atoms with E-state index in [1.807, 2.05) is 37.3 Å². The van der Waals surface area contributed by atoms with Crippen LogP contribution in [0.2, 0.25) is 0 Å². The second kappa shape index (κ2) is 8.74. The summed E-state index contributed by atoms with van der Waals surface area (Å²) in [6.45, 7) is 3.41. The van der Waals surface area contributed by atoms with E-state index in [-0.39, 0.29) is 24.0 Å². The molecule has 2 aromatic rings. The lowest BCUT2D eigenvalue weighted by molar-refractivity contribution is -0.173. The molecule has 34 heavy (non-hydrogen) atoms. The van der Waals surface area contributed by atoms with Crippen LogP contribution in [-0.2, 0) is 21.1 Å². The first kappa shape index (κ1) is 23.5. The highest BCUT2D eigenvalue weighted by Crippen LogP contribution is 2.47. The van der Waals surface area contributed by atoms with Gasteiger partial charge in [0.15, 0.2) is 6.10 Å². The number of carbonyl (C=O) groups is 1. The SMILES string of the molecule is CC1[C@H](OC(=O)C2(c3ccccc3)CCCCCC2)C2CC[N+]1(c1ccc(C(F)(F)F)o1)CC2. The van der Waals surface area contributed by atoms with Crippen LogP contribution in [0.25, 0.3) is 0 Å². The summed E-state index contributed by atoms with van der Waals surface area (Å²) in [4.78, 5) is 13.9. The Bertz CT molecular complexity index is 1000. The minimum Gasteiger partial charge on any atom is -0.455 e.